The minimum Gasteiger partial charge on any atom is -0.338 e. The first kappa shape index (κ1) is 26.2. The number of alkyl halides is 3. The molecule has 2 saturated heterocycles. The molecule has 0 aliphatic carbocycles. The van der Waals surface area contributed by atoms with E-state index in [0.717, 1.165) is 12.1 Å². The zero-order valence-electron chi connectivity index (χ0n) is 18.4. The van der Waals surface area contributed by atoms with Gasteiger partial charge in [0.2, 0.25) is 17.8 Å². The van der Waals surface area contributed by atoms with E-state index in [2.05, 4.69) is 20.3 Å². The Hall–Kier alpha value is -2.45. The number of aromatic nitrogens is 3. The number of rotatable bonds is 4. The Balaban J connectivity index is 0.00000324. The highest BCUT2D eigenvalue weighted by Crippen LogP contribution is 2.31. The van der Waals surface area contributed by atoms with Gasteiger partial charge in [-0.1, -0.05) is 6.07 Å². The van der Waals surface area contributed by atoms with Gasteiger partial charge in [0.15, 0.2) is 0 Å². The maximum absolute atomic E-state index is 13.1. The van der Waals surface area contributed by atoms with Gasteiger partial charge in [-0.3, -0.25) is 0 Å². The fraction of sp³-hybridized carbons (Fsp3) is 0.550. The van der Waals surface area contributed by atoms with Gasteiger partial charge in [0.25, 0.3) is 0 Å². The van der Waals surface area contributed by atoms with Gasteiger partial charge in [0.1, 0.15) is 0 Å². The van der Waals surface area contributed by atoms with E-state index in [9.17, 15) is 13.2 Å². The van der Waals surface area contributed by atoms with Crippen molar-refractivity contribution in [1.82, 2.24) is 15.0 Å². The highest BCUT2D eigenvalue weighted by Gasteiger charge is 2.31. The van der Waals surface area contributed by atoms with Crippen LogP contribution in [0.3, 0.4) is 0 Å². The van der Waals surface area contributed by atoms with E-state index >= 15 is 0 Å². The summed E-state index contributed by atoms with van der Waals surface area (Å²) in [4.78, 5) is 17.3. The molecule has 2 fully saturated rings. The smallest absolute Gasteiger partial charge is 0.338 e. The molecular weight excluding hydrogens is 473 g/mol. The Morgan fingerprint density at radius 1 is 0.794 bits per heavy atom. The number of nitrogens with one attached hydrogen (secondary N) is 1. The second kappa shape index (κ2) is 10.4. The van der Waals surface area contributed by atoms with Crippen LogP contribution < -0.4 is 38.1 Å². The quantitative estimate of drug-likeness (QED) is 0.404. The first-order chi connectivity index (χ1) is 15.6. The molecule has 0 radical (unpaired) electrons. The lowest BCUT2D eigenvalue weighted by Gasteiger charge is -2.37. The third-order valence-corrected chi connectivity index (χ3v) is 5.65. The highest BCUT2D eigenvalue weighted by molar-refractivity contribution is 5.85. The summed E-state index contributed by atoms with van der Waals surface area (Å²) in [6.07, 6.45) is -3.10. The van der Waals surface area contributed by atoms with Gasteiger partial charge in [-0.2, -0.15) is 28.1 Å². The van der Waals surface area contributed by atoms with Gasteiger partial charge in [-0.25, -0.2) is 0 Å². The topological polar surface area (TPSA) is 161 Å². The van der Waals surface area contributed by atoms with Crippen LogP contribution in [-0.4, -0.2) is 65.3 Å². The van der Waals surface area contributed by atoms with Gasteiger partial charge >= 0.3 is 6.18 Å². The fourth-order valence-corrected chi connectivity index (χ4v) is 4.28. The molecule has 0 bridgehead atoms. The monoisotopic (exact) mass is 502 g/mol. The zero-order valence-corrected chi connectivity index (χ0v) is 19.3. The van der Waals surface area contributed by atoms with Crippen molar-refractivity contribution >= 4 is 35.9 Å². The Labute approximate surface area is 201 Å². The number of nitrogens with two attached hydrogens (primary N) is 4. The molecule has 3 heterocycles. The van der Waals surface area contributed by atoms with Crippen molar-refractivity contribution in [3.63, 3.8) is 0 Å². The second-order valence-electron chi connectivity index (χ2n) is 8.78. The van der Waals surface area contributed by atoms with Crippen LogP contribution in [-0.2, 0) is 6.18 Å². The number of nitrogens with zero attached hydrogens (tertiary/aromatic N) is 5. The largest absolute Gasteiger partial charge is 0.416 e. The van der Waals surface area contributed by atoms with E-state index in [1.807, 2.05) is 9.80 Å². The Kier molecular flexibility index (Phi) is 8.03. The van der Waals surface area contributed by atoms with Gasteiger partial charge in [-0.05, 0) is 31.0 Å². The number of anilines is 4. The van der Waals surface area contributed by atoms with Crippen LogP contribution in [0, 0.1) is 0 Å². The summed E-state index contributed by atoms with van der Waals surface area (Å²) in [6, 6.07) is 4.25. The first-order valence-corrected chi connectivity index (χ1v) is 10.8. The predicted molar refractivity (Wildman–Crippen MR) is 127 cm³/mol. The zero-order chi connectivity index (χ0) is 23.8. The van der Waals surface area contributed by atoms with Crippen molar-refractivity contribution in [1.29, 1.82) is 0 Å². The van der Waals surface area contributed by atoms with E-state index in [0.29, 0.717) is 50.9 Å². The van der Waals surface area contributed by atoms with Gasteiger partial charge in [0.05, 0.1) is 5.56 Å². The number of halogens is 4. The minimum absolute atomic E-state index is 0. The maximum atomic E-state index is 13.1. The molecule has 1 aromatic carbocycles. The molecule has 4 rings (SSSR count). The Morgan fingerprint density at radius 3 is 1.71 bits per heavy atom. The molecule has 4 atom stereocenters. The molecule has 0 amide bonds. The summed E-state index contributed by atoms with van der Waals surface area (Å²) >= 11 is 0. The summed E-state index contributed by atoms with van der Waals surface area (Å²) in [5.74, 6) is 0.787. The summed E-state index contributed by atoms with van der Waals surface area (Å²) in [5.41, 5.74) is 23.9. The summed E-state index contributed by atoms with van der Waals surface area (Å²) in [7, 11) is 0. The van der Waals surface area contributed by atoms with Crippen molar-refractivity contribution < 1.29 is 13.2 Å². The van der Waals surface area contributed by atoms with Gasteiger partial charge in [-0.15, -0.1) is 12.4 Å². The van der Waals surface area contributed by atoms with Crippen molar-refractivity contribution in [2.45, 2.75) is 43.2 Å². The molecule has 10 nitrogen and oxygen atoms in total. The molecule has 2 aromatic rings. The molecule has 0 spiro atoms. The van der Waals surface area contributed by atoms with Crippen molar-refractivity contribution in [3.8, 4) is 0 Å². The third kappa shape index (κ3) is 6.36. The number of hydrogen-bond acceptors (Lipinski definition) is 10. The average Bonchev–Trinajstić information content (AvgIpc) is 2.72. The van der Waals surface area contributed by atoms with Crippen LogP contribution in [0.2, 0.25) is 0 Å². The lowest BCUT2D eigenvalue weighted by molar-refractivity contribution is -0.137. The fourth-order valence-electron chi connectivity index (χ4n) is 4.28. The van der Waals surface area contributed by atoms with Crippen LogP contribution in [0.5, 0.6) is 0 Å². The molecule has 2 aliphatic rings. The minimum atomic E-state index is -4.47. The van der Waals surface area contributed by atoms with Crippen molar-refractivity contribution in [2.75, 3.05) is 41.3 Å². The Morgan fingerprint density at radius 2 is 1.26 bits per heavy atom. The molecule has 34 heavy (non-hydrogen) atoms. The summed E-state index contributed by atoms with van der Waals surface area (Å²) in [6.45, 7) is 2.00. The van der Waals surface area contributed by atoms with Gasteiger partial charge < -0.3 is 38.1 Å². The molecule has 9 N–H and O–H groups in total. The number of hydrogen-bond donors (Lipinski definition) is 5. The normalized spacial score (nSPS) is 25.6. The second-order valence-corrected chi connectivity index (χ2v) is 8.78. The SMILES string of the molecule is Cl.N[C@@H]1C[C@H](N)CN(c2nc(Nc3cccc(C(F)(F)F)c3)nc(N3C[C@H](N)C[C@H](N)C3)n2)C1. The third-order valence-electron chi connectivity index (χ3n) is 5.65. The van der Waals surface area contributed by atoms with Crippen LogP contribution in [0.1, 0.15) is 18.4 Å². The molecule has 2 aliphatic heterocycles. The van der Waals surface area contributed by atoms with Crippen molar-refractivity contribution in [2.24, 2.45) is 22.9 Å². The average molecular weight is 503 g/mol. The molecule has 188 valence electrons. The Bertz CT molecular complexity index is 914. The van der Waals surface area contributed by atoms with E-state index in [1.54, 1.807) is 0 Å². The first-order valence-electron chi connectivity index (χ1n) is 10.8. The standard InChI is InChI=1S/C20H29F3N10.ClH/c21-20(22,23)11-2-1-3-16(4-11)28-17-29-18(32-7-12(24)5-13(25)8-32)31-19(30-17)33-9-14(26)6-15(27)10-33;/h1-4,12-15H,5-10,24-27H2,(H,28,29,30,31);1H/t12-,13+,14-,15+;. The summed E-state index contributed by atoms with van der Waals surface area (Å²) in [5, 5.41) is 2.88. The molecule has 0 saturated carbocycles. The molecule has 1 aromatic heterocycles. The van der Waals surface area contributed by atoms with E-state index in [1.165, 1.54) is 12.1 Å². The molecular formula is C20H30ClF3N10. The van der Waals surface area contributed by atoms with Crippen LogP contribution in [0.15, 0.2) is 24.3 Å². The van der Waals surface area contributed by atoms with Crippen LogP contribution >= 0.6 is 12.4 Å². The van der Waals surface area contributed by atoms with Crippen molar-refractivity contribution in [3.05, 3.63) is 29.8 Å². The predicted octanol–water partition coefficient (Wildman–Crippen LogP) is 0.785. The number of benzene rings is 1. The number of piperidine rings is 2. The maximum Gasteiger partial charge on any atom is 0.416 e. The van der Waals surface area contributed by atoms with Crippen LogP contribution in [0.4, 0.5) is 36.7 Å². The summed E-state index contributed by atoms with van der Waals surface area (Å²) < 4.78 is 39.4. The van der Waals surface area contributed by atoms with E-state index < -0.39 is 11.7 Å². The lowest BCUT2D eigenvalue weighted by atomic mass is 10.0. The van der Waals surface area contributed by atoms with E-state index in [4.69, 9.17) is 22.9 Å². The van der Waals surface area contributed by atoms with Gasteiger partial charge in [0, 0.05) is 56.0 Å². The lowest BCUT2D eigenvalue weighted by Crippen LogP contribution is -2.54. The van der Waals surface area contributed by atoms with E-state index in [-0.39, 0.29) is 48.2 Å². The molecule has 0 unspecified atom stereocenters. The highest BCUT2D eigenvalue weighted by atomic mass is 35.5. The molecule has 14 heteroatoms. The van der Waals surface area contributed by atoms with Crippen LogP contribution in [0.25, 0.3) is 0 Å².